The second-order valence-corrected chi connectivity index (χ2v) is 7.99. The maximum absolute atomic E-state index is 13.6. The Hall–Kier alpha value is -1.31. The molecule has 0 radical (unpaired) electrons. The Morgan fingerprint density at radius 1 is 1.05 bits per heavy atom. The van der Waals surface area contributed by atoms with Crippen molar-refractivity contribution < 1.29 is 4.39 Å². The van der Waals surface area contributed by atoms with Crippen LogP contribution in [0.15, 0.2) is 24.4 Å². The minimum atomic E-state index is -0.117. The molecule has 4 aliphatic carbocycles. The van der Waals surface area contributed by atoms with E-state index < -0.39 is 0 Å². The largest absolute Gasteiger partial charge is 0.341 e. The van der Waals surface area contributed by atoms with Crippen molar-refractivity contribution >= 4 is 10.9 Å². The van der Waals surface area contributed by atoms with Crippen LogP contribution in [0.25, 0.3) is 10.9 Å². The summed E-state index contributed by atoms with van der Waals surface area (Å²) in [4.78, 5) is 0. The van der Waals surface area contributed by atoms with E-state index >= 15 is 0 Å². The molecule has 1 heterocycles. The monoisotopic (exact) mass is 283 g/mol. The van der Waals surface area contributed by atoms with Crippen LogP contribution in [-0.4, -0.2) is 4.57 Å². The maximum Gasteiger partial charge on any atom is 0.123 e. The van der Waals surface area contributed by atoms with Crippen molar-refractivity contribution in [1.82, 2.24) is 4.57 Å². The molecule has 1 aromatic carbocycles. The SMILES string of the molecule is Cc1cn(C23CC4CC(CC(C4)C2)C3)c2ccc(F)cc12. The predicted molar refractivity (Wildman–Crippen MR) is 82.8 cm³/mol. The van der Waals surface area contributed by atoms with Crippen molar-refractivity contribution in [3.8, 4) is 0 Å². The van der Waals surface area contributed by atoms with Gasteiger partial charge in [-0.25, -0.2) is 4.39 Å². The zero-order valence-corrected chi connectivity index (χ0v) is 12.6. The first kappa shape index (κ1) is 12.3. The molecular weight excluding hydrogens is 261 g/mol. The van der Waals surface area contributed by atoms with Gasteiger partial charge in [-0.3, -0.25) is 0 Å². The number of halogens is 1. The van der Waals surface area contributed by atoms with Crippen LogP contribution >= 0.6 is 0 Å². The lowest BCUT2D eigenvalue weighted by molar-refractivity contribution is -0.0408. The molecule has 0 saturated heterocycles. The quantitative estimate of drug-likeness (QED) is 0.693. The molecule has 0 aliphatic heterocycles. The molecule has 21 heavy (non-hydrogen) atoms. The highest BCUT2D eigenvalue weighted by Crippen LogP contribution is 2.59. The van der Waals surface area contributed by atoms with Gasteiger partial charge in [-0.15, -0.1) is 0 Å². The van der Waals surface area contributed by atoms with E-state index in [2.05, 4.69) is 17.7 Å². The number of aromatic nitrogens is 1. The van der Waals surface area contributed by atoms with E-state index in [-0.39, 0.29) is 5.82 Å². The van der Waals surface area contributed by atoms with Crippen molar-refractivity contribution in [2.75, 3.05) is 0 Å². The molecule has 0 spiro atoms. The Morgan fingerprint density at radius 2 is 1.67 bits per heavy atom. The number of benzene rings is 1. The van der Waals surface area contributed by atoms with E-state index in [1.54, 1.807) is 12.1 Å². The third kappa shape index (κ3) is 1.62. The number of hydrogen-bond donors (Lipinski definition) is 0. The molecule has 4 fully saturated rings. The highest BCUT2D eigenvalue weighted by molar-refractivity contribution is 5.84. The highest BCUT2D eigenvalue weighted by atomic mass is 19.1. The summed E-state index contributed by atoms with van der Waals surface area (Å²) in [6.07, 6.45) is 10.7. The number of rotatable bonds is 1. The first-order valence-electron chi connectivity index (χ1n) is 8.41. The molecule has 0 amide bonds. The Morgan fingerprint density at radius 3 is 2.29 bits per heavy atom. The molecular formula is C19H22FN. The molecule has 0 unspecified atom stereocenters. The van der Waals surface area contributed by atoms with Gasteiger partial charge in [-0.1, -0.05) is 0 Å². The van der Waals surface area contributed by atoms with Crippen LogP contribution in [0.3, 0.4) is 0 Å². The van der Waals surface area contributed by atoms with Gasteiger partial charge < -0.3 is 4.57 Å². The van der Waals surface area contributed by atoms with Gasteiger partial charge in [0, 0.05) is 22.6 Å². The van der Waals surface area contributed by atoms with Crippen LogP contribution < -0.4 is 0 Å². The second-order valence-electron chi connectivity index (χ2n) is 7.99. The van der Waals surface area contributed by atoms with E-state index in [4.69, 9.17) is 0 Å². The summed E-state index contributed by atoms with van der Waals surface area (Å²) in [6, 6.07) is 5.33. The third-order valence-electron chi connectivity index (χ3n) is 6.48. The molecule has 1 aromatic heterocycles. The maximum atomic E-state index is 13.6. The Bertz CT molecular complexity index is 691. The van der Waals surface area contributed by atoms with Gasteiger partial charge in [0.2, 0.25) is 0 Å². The van der Waals surface area contributed by atoms with Gasteiger partial charge in [0.1, 0.15) is 5.82 Å². The van der Waals surface area contributed by atoms with Crippen LogP contribution in [0.2, 0.25) is 0 Å². The molecule has 110 valence electrons. The summed E-state index contributed by atoms with van der Waals surface area (Å²) in [6.45, 7) is 2.12. The fraction of sp³-hybridized carbons (Fsp3) is 0.579. The van der Waals surface area contributed by atoms with Crippen molar-refractivity contribution in [2.24, 2.45) is 17.8 Å². The Balaban J connectivity index is 1.71. The molecule has 4 bridgehead atoms. The molecule has 2 heteroatoms. The van der Waals surface area contributed by atoms with Gasteiger partial charge in [0.05, 0.1) is 0 Å². The highest BCUT2D eigenvalue weighted by Gasteiger charge is 2.52. The normalized spacial score (nSPS) is 37.5. The van der Waals surface area contributed by atoms with Gasteiger partial charge in [-0.05, 0) is 87.0 Å². The minimum Gasteiger partial charge on any atom is -0.341 e. The van der Waals surface area contributed by atoms with E-state index in [1.807, 2.05) is 6.07 Å². The third-order valence-corrected chi connectivity index (χ3v) is 6.48. The van der Waals surface area contributed by atoms with E-state index in [9.17, 15) is 4.39 Å². The lowest BCUT2D eigenvalue weighted by atomic mass is 9.53. The fourth-order valence-corrected chi connectivity index (χ4v) is 6.12. The van der Waals surface area contributed by atoms with Crippen LogP contribution in [0.4, 0.5) is 4.39 Å². The van der Waals surface area contributed by atoms with Crippen LogP contribution in [0, 0.1) is 30.5 Å². The standard InChI is InChI=1S/C19H22FN/c1-12-11-21(18-3-2-16(20)7-17(12)18)19-8-13-4-14(9-19)6-15(5-13)10-19/h2-3,7,11,13-15H,4-6,8-10H2,1H3. The molecule has 0 N–H and O–H groups in total. The summed E-state index contributed by atoms with van der Waals surface area (Å²) < 4.78 is 16.1. The topological polar surface area (TPSA) is 4.93 Å². The minimum absolute atomic E-state index is 0.117. The van der Waals surface area contributed by atoms with Crippen molar-refractivity contribution in [3.05, 3.63) is 35.8 Å². The van der Waals surface area contributed by atoms with Gasteiger partial charge in [-0.2, -0.15) is 0 Å². The molecule has 4 saturated carbocycles. The smallest absolute Gasteiger partial charge is 0.123 e. The Labute approximate surface area is 125 Å². The van der Waals surface area contributed by atoms with Crippen molar-refractivity contribution in [1.29, 1.82) is 0 Å². The van der Waals surface area contributed by atoms with Crippen molar-refractivity contribution in [3.63, 3.8) is 0 Å². The van der Waals surface area contributed by atoms with Gasteiger partial charge in [0.25, 0.3) is 0 Å². The molecule has 2 aromatic rings. The van der Waals surface area contributed by atoms with E-state index in [1.165, 1.54) is 49.6 Å². The first-order chi connectivity index (χ1) is 10.1. The summed E-state index contributed by atoms with van der Waals surface area (Å²) in [5.74, 6) is 2.70. The fourth-order valence-electron chi connectivity index (χ4n) is 6.12. The summed E-state index contributed by atoms with van der Waals surface area (Å²) in [5.41, 5.74) is 2.80. The van der Waals surface area contributed by atoms with Gasteiger partial charge in [0.15, 0.2) is 0 Å². The zero-order chi connectivity index (χ0) is 14.2. The second kappa shape index (κ2) is 3.91. The Kier molecular flexibility index (Phi) is 2.28. The van der Waals surface area contributed by atoms with E-state index in [0.29, 0.717) is 5.54 Å². The number of nitrogens with zero attached hydrogens (tertiary/aromatic N) is 1. The zero-order valence-electron chi connectivity index (χ0n) is 12.6. The number of hydrogen-bond acceptors (Lipinski definition) is 0. The molecule has 4 aliphatic rings. The summed E-state index contributed by atoms with van der Waals surface area (Å²) in [5, 5.41) is 1.10. The van der Waals surface area contributed by atoms with Crippen LogP contribution in [0.5, 0.6) is 0 Å². The van der Waals surface area contributed by atoms with Gasteiger partial charge >= 0.3 is 0 Å². The molecule has 0 atom stereocenters. The number of aryl methyl sites for hydroxylation is 1. The lowest BCUT2D eigenvalue weighted by Gasteiger charge is -2.57. The van der Waals surface area contributed by atoms with Crippen LogP contribution in [-0.2, 0) is 5.54 Å². The first-order valence-corrected chi connectivity index (χ1v) is 8.41. The van der Waals surface area contributed by atoms with Crippen LogP contribution in [0.1, 0.15) is 44.1 Å². The lowest BCUT2D eigenvalue weighted by Crippen LogP contribution is -2.51. The average molecular weight is 283 g/mol. The summed E-state index contributed by atoms with van der Waals surface area (Å²) in [7, 11) is 0. The van der Waals surface area contributed by atoms with E-state index in [0.717, 1.165) is 23.1 Å². The average Bonchev–Trinajstić information content (AvgIpc) is 2.75. The predicted octanol–water partition coefficient (Wildman–Crippen LogP) is 5.01. The van der Waals surface area contributed by atoms with Crippen molar-refractivity contribution in [2.45, 2.75) is 51.0 Å². The summed E-state index contributed by atoms with van der Waals surface area (Å²) >= 11 is 0. The molecule has 6 rings (SSSR count). The molecule has 1 nitrogen and oxygen atoms in total. The number of fused-ring (bicyclic) bond motifs is 1.